The number of imidazole rings is 2. The van der Waals surface area contributed by atoms with Crippen LogP contribution in [0.5, 0.6) is 0 Å². The van der Waals surface area contributed by atoms with Crippen LogP contribution in [-0.4, -0.2) is 223 Å². The van der Waals surface area contributed by atoms with Gasteiger partial charge >= 0.3 is 132 Å². The summed E-state index contributed by atoms with van der Waals surface area (Å²) < 4.78 is 92.2. The van der Waals surface area contributed by atoms with Crippen molar-refractivity contribution in [3.05, 3.63) is 93.6 Å². The van der Waals surface area contributed by atoms with E-state index in [1.165, 1.54) is 56.2 Å². The number of nitrogens with one attached hydrogen (secondary N) is 1. The number of rotatable bonds is 10. The van der Waals surface area contributed by atoms with E-state index in [4.69, 9.17) is 101 Å². The van der Waals surface area contributed by atoms with Gasteiger partial charge in [-0.25, -0.2) is 44.4 Å². The van der Waals surface area contributed by atoms with Crippen LogP contribution in [0.25, 0.3) is 44.4 Å². The van der Waals surface area contributed by atoms with Gasteiger partial charge in [0, 0.05) is 49.3 Å². The molecule has 8 aromatic rings. The molecule has 0 saturated carbocycles. The van der Waals surface area contributed by atoms with Gasteiger partial charge in [0.1, 0.15) is 130 Å². The molecule has 108 heavy (non-hydrogen) atoms. The number of nitrogens with zero attached hydrogens (tertiary/aromatic N) is 14. The number of carbonyl (C=O) groups is 1. The van der Waals surface area contributed by atoms with Gasteiger partial charge in [-0.15, -0.1) is 0 Å². The van der Waals surface area contributed by atoms with Crippen molar-refractivity contribution in [3.8, 4) is 0 Å². The minimum Gasteiger partial charge on any atom is -0.780 e. The Balaban J connectivity index is 0.000000208. The minimum atomic E-state index is -4.44. The van der Waals surface area contributed by atoms with Crippen LogP contribution in [0.1, 0.15) is 73.1 Å². The standard InChI is InChI=1S/C29H36N8O13P2S2.C27H34N8O11P2S2.4Na/c38-8-18(39)30-5-6-35-12-34-26-20(27(35)42)33-13-37(26)29-24-21(40)16(47-29)9-45-51(43,53)49-23-17(10-46-52(44,54)50-24)48-28(22(23)41)36-7-14-3-1-2-4-15-19(14)25(36)32-11-31-15;28-5-6-33-11-32-24-18(25(33)38)31-12-35(24)27-22-19(36)15(43-27)8-41-47(39,49)45-21-16(9-42-48(40,50)46-22)44-26(20(21)37)34-7-13-3-1-2-4-14-17(13)23(34)30-10-29-14;;;;/h7,11-13,16-17,21-24,28-29,38,40-41H,1-6,8-10H2,(H,30,39)(H,43,53)(H,44,54);7,10-12,15-16,19-22,26-27,36-37H,1-6,8-9,28H2,(H,39,49)(H,40,50);;;;/q;;4*+1/p-2/t16-,17-,21-,22-,23-,24-,28-,29-,51?,52?;15-,16-,19-,20-,21-,22-,26-,27-,47?,48?;;;;/m11..../s1. The molecule has 4 unspecified atom stereocenters. The maximum absolute atomic E-state index is 13.7. The van der Waals surface area contributed by atoms with Gasteiger partial charge in [0.15, 0.2) is 47.2 Å². The van der Waals surface area contributed by atoms with Crippen LogP contribution in [0.15, 0.2) is 59.9 Å². The Bertz CT molecular complexity index is 4960. The molecule has 0 spiro atoms. The van der Waals surface area contributed by atoms with Crippen LogP contribution >= 0.6 is 39.2 Å². The number of thiol groups is 1. The molecule has 16 rings (SSSR count). The van der Waals surface area contributed by atoms with E-state index >= 15 is 0 Å². The number of aliphatic hydroxyl groups excluding tert-OH is 5. The molecule has 6 aliphatic heterocycles. The first-order valence-electron chi connectivity index (χ1n) is 32.8. The smallest absolute Gasteiger partial charge is 0.780 e. The fourth-order valence-electron chi connectivity index (χ4n) is 14.1. The van der Waals surface area contributed by atoms with Crippen LogP contribution in [0.4, 0.5) is 0 Å². The first-order valence-corrected chi connectivity index (χ1v) is 43.2. The number of hydrogen-bond donors (Lipinski definition) is 9. The van der Waals surface area contributed by atoms with E-state index in [1.54, 1.807) is 9.13 Å². The van der Waals surface area contributed by atoms with E-state index in [9.17, 15) is 54.1 Å². The maximum atomic E-state index is 13.7. The molecule has 8 aliphatic rings. The largest absolute Gasteiger partial charge is 1.00 e. The van der Waals surface area contributed by atoms with Crippen LogP contribution in [0.3, 0.4) is 0 Å². The molecule has 8 aromatic heterocycles. The van der Waals surface area contributed by atoms with Gasteiger partial charge in [-0.1, -0.05) is 35.9 Å². The first kappa shape index (κ1) is 87.9. The molecule has 2 aliphatic carbocycles. The second kappa shape index (κ2) is 36.1. The fourth-order valence-corrected chi connectivity index (χ4v) is 19.9. The Hall–Kier alpha value is -0.900. The summed E-state index contributed by atoms with van der Waals surface area (Å²) in [5.41, 5.74) is 9.39. The van der Waals surface area contributed by atoms with Crippen molar-refractivity contribution < 1.29 is 223 Å². The van der Waals surface area contributed by atoms with Crippen molar-refractivity contribution >= 4 is 125 Å². The number of fused-ring (bicyclic) bond motifs is 8. The number of amides is 1. The molecule has 1 amide bonds. The van der Waals surface area contributed by atoms with E-state index in [0.717, 1.165) is 84.7 Å². The molecule has 9 N–H and O–H groups in total. The molecule has 14 heterocycles. The van der Waals surface area contributed by atoms with E-state index in [-0.39, 0.29) is 167 Å². The molecule has 0 aromatic carbocycles. The van der Waals surface area contributed by atoms with Crippen molar-refractivity contribution in [1.29, 1.82) is 0 Å². The van der Waals surface area contributed by atoms with Crippen molar-refractivity contribution in [3.63, 3.8) is 0 Å². The SMILES string of the molecule is NCCn1cnc2c(ncn2[C@@H]2O[C@@H]3COP([O-])(=S)O[C@H]4[C@@H](O)[C@H](n5cc6c7c(ncnc75)CCCC6)O[C@@H]4COP(=O)(S)O[C@@H]2[C@@H]3O)c1=O.O=C(CO)NCCn1cnc2c(ncn2[C@@H]2O[C@@H]3COP([O-])(=S)O[C@H]4[C@@H](O)[C@H](n5cc6c7c(ncnc75)CCCC6)O[C@@H]4COP(O)(=S)O[C@@H]2[C@@H]3O)c1=O.[Na+].[Na+].[Na+].[Na+]. The quantitative estimate of drug-likeness (QED) is 0.0349. The Morgan fingerprint density at radius 2 is 0.981 bits per heavy atom. The molecular formula is C56H68N16Na4O24P4S4+2. The summed E-state index contributed by atoms with van der Waals surface area (Å²) in [6.07, 6.45) is -3.04. The van der Waals surface area contributed by atoms with Crippen LogP contribution in [-0.2, 0) is 139 Å². The van der Waals surface area contributed by atoms with Gasteiger partial charge in [0.05, 0.1) is 50.5 Å². The van der Waals surface area contributed by atoms with Gasteiger partial charge in [-0.2, -0.15) is 0 Å². The van der Waals surface area contributed by atoms with Gasteiger partial charge < -0.3 is 102 Å². The Labute approximate surface area is 720 Å². The van der Waals surface area contributed by atoms with E-state index in [0.29, 0.717) is 11.3 Å². The summed E-state index contributed by atoms with van der Waals surface area (Å²) >= 11 is 20.0. The number of hydrogen-bond acceptors (Lipinski definition) is 35. The van der Waals surface area contributed by atoms with Crippen molar-refractivity contribution in [2.24, 2.45) is 5.73 Å². The molecular weight excluding hydrogens is 1620 g/mol. The molecule has 562 valence electrons. The van der Waals surface area contributed by atoms with Crippen molar-refractivity contribution in [1.82, 2.24) is 72.6 Å². The van der Waals surface area contributed by atoms with Gasteiger partial charge in [-0.05, 0) is 74.3 Å². The topological polar surface area (TPSA) is 517 Å². The summed E-state index contributed by atoms with van der Waals surface area (Å²) in [4.78, 5) is 111. The molecule has 40 nitrogen and oxygen atoms in total. The average molecular weight is 1690 g/mol. The summed E-state index contributed by atoms with van der Waals surface area (Å²) in [5.74, 6) is -0.613. The Morgan fingerprint density at radius 1 is 0.546 bits per heavy atom. The Kier molecular flexibility index (Phi) is 29.4. The maximum Gasteiger partial charge on any atom is 1.00 e. The molecule has 6 fully saturated rings. The summed E-state index contributed by atoms with van der Waals surface area (Å²) in [5, 5.41) is 58.9. The number of carbonyl (C=O) groups excluding carboxylic acids is 1. The monoisotopic (exact) mass is 1690 g/mol. The third-order valence-electron chi connectivity index (χ3n) is 19.0. The molecule has 6 saturated heterocycles. The normalized spacial score (nSPS) is 34.2. The van der Waals surface area contributed by atoms with E-state index < -0.39 is 175 Å². The van der Waals surface area contributed by atoms with Crippen LogP contribution in [0.2, 0.25) is 0 Å². The third-order valence-corrected chi connectivity index (χ3v) is 25.2. The van der Waals surface area contributed by atoms with Crippen molar-refractivity contribution in [2.75, 3.05) is 46.1 Å². The predicted molar refractivity (Wildman–Crippen MR) is 366 cm³/mol. The Morgan fingerprint density at radius 3 is 1.45 bits per heavy atom. The predicted octanol–water partition coefficient (Wildman–Crippen LogP) is -14.0. The van der Waals surface area contributed by atoms with E-state index in [1.807, 2.05) is 12.4 Å². The second-order valence-corrected chi connectivity index (χ2v) is 36.6. The number of ether oxygens (including phenoxy) is 4. The summed E-state index contributed by atoms with van der Waals surface area (Å²) in [6.45, 7) is -19.9. The zero-order chi connectivity index (χ0) is 72.9. The molecule has 20 atom stereocenters. The van der Waals surface area contributed by atoms with Gasteiger partial charge in [0.25, 0.3) is 11.1 Å². The zero-order valence-electron chi connectivity index (χ0n) is 58.2. The zero-order valence-corrected chi connectivity index (χ0v) is 73.1. The molecule has 4 bridgehead atoms. The van der Waals surface area contributed by atoms with Crippen LogP contribution < -0.4 is 150 Å². The second-order valence-electron chi connectivity index (χ2n) is 25.5. The van der Waals surface area contributed by atoms with E-state index in [2.05, 4.69) is 57.4 Å². The summed E-state index contributed by atoms with van der Waals surface area (Å²) in [7, 11) is 0. The van der Waals surface area contributed by atoms with Gasteiger partial charge in [0.2, 0.25) is 5.91 Å². The third kappa shape index (κ3) is 17.9. The number of aliphatic hydroxyl groups is 5. The minimum absolute atomic E-state index is 0. The van der Waals surface area contributed by atoms with Gasteiger partial charge in [-0.3, -0.25) is 46.2 Å². The van der Waals surface area contributed by atoms with Crippen molar-refractivity contribution in [2.45, 2.75) is 163 Å². The first-order chi connectivity index (χ1) is 49.8. The summed E-state index contributed by atoms with van der Waals surface area (Å²) in [6, 6.07) is 0. The molecule has 52 heteroatoms. The molecule has 0 radical (unpaired) electrons. The average Bonchev–Trinajstić information content (AvgIpc) is 1.61. The number of nitrogens with two attached hydrogens (primary N) is 1. The number of aromatic nitrogens is 14. The fraction of sp³-hybridized carbons (Fsp3) is 0.589. The number of aryl methyl sites for hydroxylation is 4. The van der Waals surface area contributed by atoms with Crippen LogP contribution in [0, 0.1) is 0 Å².